The fourth-order valence-corrected chi connectivity index (χ4v) is 1.43. The van der Waals surface area contributed by atoms with Gasteiger partial charge in [-0.1, -0.05) is 0 Å². The van der Waals surface area contributed by atoms with Gasteiger partial charge in [-0.2, -0.15) is 5.10 Å². The van der Waals surface area contributed by atoms with Crippen molar-refractivity contribution in [3.8, 4) is 0 Å². The molecule has 1 rings (SSSR count). The number of carbonyl (C=O) groups is 1. The van der Waals surface area contributed by atoms with Crippen LogP contribution in [0, 0.1) is 6.92 Å². The number of aryl methyl sites for hydroxylation is 1. The maximum absolute atomic E-state index is 11.8. The Kier molecular flexibility index (Phi) is 6.68. The average molecular weight is 309 g/mol. The number of nitrogens with zero attached hydrogens (tertiary/aromatic N) is 2. The minimum Gasteiger partial charge on any atom is -0.480 e. The van der Waals surface area contributed by atoms with Crippen LogP contribution in [-0.2, 0) is 14.3 Å². The molecule has 0 bridgehead atoms. The highest BCUT2D eigenvalue weighted by Crippen LogP contribution is 2.08. The average Bonchev–Trinajstić information content (AvgIpc) is 2.85. The number of carbonyl (C=O) groups excluding carboxylic acids is 1. The monoisotopic (exact) mass is 309 g/mol. The molecule has 0 fully saturated rings. The first-order valence-corrected chi connectivity index (χ1v) is 6.66. The smallest absolute Gasteiger partial charge is 0.349 e. The molecule has 0 aromatic carbocycles. The second-order valence-corrected chi connectivity index (χ2v) is 4.01. The molecule has 1 aromatic rings. The van der Waals surface area contributed by atoms with Crippen molar-refractivity contribution < 1.29 is 23.8 Å². The van der Waals surface area contributed by atoms with Crippen LogP contribution in [0.25, 0.3) is 0 Å². The minimum atomic E-state index is -0.848. The van der Waals surface area contributed by atoms with Gasteiger partial charge in [0.15, 0.2) is 11.4 Å². The predicted molar refractivity (Wildman–Crippen MR) is 80.6 cm³/mol. The van der Waals surface area contributed by atoms with Crippen molar-refractivity contribution >= 4 is 18.0 Å². The molecule has 0 saturated heterocycles. The van der Waals surface area contributed by atoms with Gasteiger partial charge in [-0.05, 0) is 32.9 Å². The Hall–Kier alpha value is -2.77. The van der Waals surface area contributed by atoms with Gasteiger partial charge < -0.3 is 24.7 Å². The van der Waals surface area contributed by atoms with Gasteiger partial charge in [-0.25, -0.2) is 4.79 Å². The van der Waals surface area contributed by atoms with Crippen molar-refractivity contribution in [2.45, 2.75) is 20.8 Å². The normalized spacial score (nSPS) is 13.1. The lowest BCUT2D eigenvalue weighted by Gasteiger charge is -2.08. The predicted octanol–water partition coefficient (Wildman–Crippen LogP) is 1.65. The molecule has 8 heteroatoms. The van der Waals surface area contributed by atoms with Crippen LogP contribution in [0.4, 0.5) is 0 Å². The van der Waals surface area contributed by atoms with Crippen molar-refractivity contribution in [3.05, 3.63) is 35.2 Å². The zero-order valence-electron chi connectivity index (χ0n) is 12.7. The summed E-state index contributed by atoms with van der Waals surface area (Å²) in [6, 6.07) is 3.46. The Balaban J connectivity index is 2.98. The summed E-state index contributed by atoms with van der Waals surface area (Å²) in [6.07, 6.45) is 1.32. The third-order valence-electron chi connectivity index (χ3n) is 2.34. The van der Waals surface area contributed by atoms with Gasteiger partial charge in [0.25, 0.3) is 5.95 Å². The number of ether oxygens (including phenoxy) is 2. The fraction of sp³-hybridized carbons (Fsp3) is 0.357. The van der Waals surface area contributed by atoms with E-state index < -0.39 is 11.9 Å². The van der Waals surface area contributed by atoms with Crippen molar-refractivity contribution in [1.29, 1.82) is 0 Å². The van der Waals surface area contributed by atoms with Crippen molar-refractivity contribution in [2.75, 3.05) is 13.2 Å². The van der Waals surface area contributed by atoms with Crippen molar-refractivity contribution in [1.82, 2.24) is 0 Å². The van der Waals surface area contributed by atoms with E-state index in [0.29, 0.717) is 5.76 Å². The Morgan fingerprint density at radius 3 is 2.59 bits per heavy atom. The molecule has 1 heterocycles. The topological polar surface area (TPSA) is 120 Å². The molecule has 0 saturated carbocycles. The summed E-state index contributed by atoms with van der Waals surface area (Å²) in [4.78, 5) is 11.8. The second kappa shape index (κ2) is 8.50. The van der Waals surface area contributed by atoms with Crippen molar-refractivity contribution in [3.63, 3.8) is 0 Å². The minimum absolute atomic E-state index is 0.115. The molecular formula is C14H19N3O5. The molecule has 0 radical (unpaired) electrons. The molecule has 8 nitrogen and oxygen atoms in total. The van der Waals surface area contributed by atoms with Gasteiger partial charge in [0.05, 0.1) is 19.4 Å². The molecule has 120 valence electrons. The molecule has 0 aliphatic carbocycles. The fourth-order valence-electron chi connectivity index (χ4n) is 1.43. The third-order valence-corrected chi connectivity index (χ3v) is 2.34. The second-order valence-electron chi connectivity index (χ2n) is 4.01. The number of hydrogen-bond acceptors (Lipinski definition) is 7. The van der Waals surface area contributed by atoms with Crippen LogP contribution in [0.1, 0.15) is 25.4 Å². The van der Waals surface area contributed by atoms with Crippen LogP contribution < -0.4 is 5.73 Å². The van der Waals surface area contributed by atoms with Crippen molar-refractivity contribution in [2.24, 2.45) is 15.9 Å². The Morgan fingerprint density at radius 1 is 1.36 bits per heavy atom. The quantitative estimate of drug-likeness (QED) is 0.197. The van der Waals surface area contributed by atoms with E-state index in [1.165, 1.54) is 6.21 Å². The molecule has 0 amide bonds. The summed E-state index contributed by atoms with van der Waals surface area (Å²) in [5, 5.41) is 17.1. The molecule has 0 spiro atoms. The van der Waals surface area contributed by atoms with Gasteiger partial charge >= 0.3 is 5.97 Å². The number of furan rings is 1. The first kappa shape index (κ1) is 17.3. The summed E-state index contributed by atoms with van der Waals surface area (Å²) in [5.74, 6) is -0.641. The van der Waals surface area contributed by atoms with Crippen LogP contribution in [-0.4, -0.2) is 36.3 Å². The Morgan fingerprint density at radius 2 is 2.05 bits per heavy atom. The molecule has 22 heavy (non-hydrogen) atoms. The van der Waals surface area contributed by atoms with E-state index >= 15 is 0 Å². The maximum Gasteiger partial charge on any atom is 0.349 e. The van der Waals surface area contributed by atoms with Gasteiger partial charge in [-0.3, -0.25) is 0 Å². The van der Waals surface area contributed by atoms with Crippen LogP contribution in [0.15, 0.2) is 38.3 Å². The van der Waals surface area contributed by atoms with Gasteiger partial charge in [0.1, 0.15) is 11.5 Å². The van der Waals surface area contributed by atoms with E-state index in [1.807, 2.05) is 0 Å². The lowest BCUT2D eigenvalue weighted by molar-refractivity contribution is -0.138. The number of aliphatic hydroxyl groups excluding tert-OH is 1. The summed E-state index contributed by atoms with van der Waals surface area (Å²) in [5.41, 5.74) is 5.28. The highest BCUT2D eigenvalue weighted by molar-refractivity contribution is 6.18. The van der Waals surface area contributed by atoms with Crippen LogP contribution in [0.3, 0.4) is 0 Å². The summed E-state index contributed by atoms with van der Waals surface area (Å²) < 4.78 is 14.9. The van der Waals surface area contributed by atoms with Crippen LogP contribution >= 0.6 is 0 Å². The Labute approximate surface area is 127 Å². The van der Waals surface area contributed by atoms with E-state index in [4.69, 9.17) is 19.6 Å². The number of amidine groups is 1. The molecule has 0 aliphatic rings. The Bertz CT molecular complexity index is 601. The largest absolute Gasteiger partial charge is 0.480 e. The zero-order valence-corrected chi connectivity index (χ0v) is 12.7. The third kappa shape index (κ3) is 4.97. The number of hydrogen-bond donors (Lipinski definition) is 2. The summed E-state index contributed by atoms with van der Waals surface area (Å²) in [7, 11) is 0. The SMILES string of the molecule is CCOC(=O)C(/C(N)=N/N=C/c1ccc(C)o1)=C(/O)OCC. The molecule has 0 atom stereocenters. The van der Waals surface area contributed by atoms with E-state index in [1.54, 1.807) is 32.9 Å². The lowest BCUT2D eigenvalue weighted by atomic mass is 10.2. The van der Waals surface area contributed by atoms with Gasteiger partial charge in [-0.15, -0.1) is 5.10 Å². The van der Waals surface area contributed by atoms with E-state index in [9.17, 15) is 9.90 Å². The maximum atomic E-state index is 11.8. The van der Waals surface area contributed by atoms with Crippen LogP contribution in [0.2, 0.25) is 0 Å². The first-order chi connectivity index (χ1) is 10.5. The number of esters is 1. The highest BCUT2D eigenvalue weighted by atomic mass is 16.6. The van der Waals surface area contributed by atoms with Gasteiger partial charge in [0, 0.05) is 0 Å². The number of nitrogens with two attached hydrogens (primary N) is 1. The summed E-state index contributed by atoms with van der Waals surface area (Å²) >= 11 is 0. The van der Waals surface area contributed by atoms with Gasteiger partial charge in [0.2, 0.25) is 0 Å². The molecule has 1 aromatic heterocycles. The molecule has 0 aliphatic heterocycles. The van der Waals surface area contributed by atoms with E-state index in [2.05, 4.69) is 10.2 Å². The van der Waals surface area contributed by atoms with E-state index in [-0.39, 0.29) is 24.6 Å². The molecule has 3 N–H and O–H groups in total. The molecular weight excluding hydrogens is 290 g/mol. The van der Waals surface area contributed by atoms with E-state index in [0.717, 1.165) is 5.76 Å². The lowest BCUT2D eigenvalue weighted by Crippen LogP contribution is -2.25. The number of rotatable bonds is 7. The van der Waals surface area contributed by atoms with Crippen LogP contribution in [0.5, 0.6) is 0 Å². The standard InChI is InChI=1S/C14H19N3O5/c1-4-20-13(18)11(14(19)21-5-2)12(15)17-16-8-10-7-6-9(3)22-10/h6-8,18H,4-5H2,1-3H3,(H2,15,17)/b13-11-,16-8+. The summed E-state index contributed by atoms with van der Waals surface area (Å²) in [6.45, 7) is 5.32. The molecule has 0 unspecified atom stereocenters. The number of aliphatic hydroxyl groups is 1. The highest BCUT2D eigenvalue weighted by Gasteiger charge is 2.22. The zero-order chi connectivity index (χ0) is 16.5. The first-order valence-electron chi connectivity index (χ1n) is 6.66.